The molecule has 1 atom stereocenters. The Morgan fingerprint density at radius 1 is 1.09 bits per heavy atom. The molecule has 252 valence electrons. The molecule has 2 aliphatic rings. The number of pyridine rings is 2. The Labute approximate surface area is 281 Å². The van der Waals surface area contributed by atoms with E-state index in [4.69, 9.17) is 29.3 Å². The van der Waals surface area contributed by atoms with Gasteiger partial charge in [0.15, 0.2) is 0 Å². The van der Waals surface area contributed by atoms with Gasteiger partial charge in [0.05, 0.1) is 23.3 Å². The third-order valence-corrected chi connectivity index (χ3v) is 11.0. The van der Waals surface area contributed by atoms with Gasteiger partial charge in [-0.2, -0.15) is 5.10 Å². The van der Waals surface area contributed by atoms with Gasteiger partial charge in [0.1, 0.15) is 29.3 Å². The van der Waals surface area contributed by atoms with E-state index in [2.05, 4.69) is 42.1 Å². The van der Waals surface area contributed by atoms with Gasteiger partial charge in [0, 0.05) is 57.9 Å². The molecule has 0 spiro atoms. The highest BCUT2D eigenvalue weighted by Gasteiger charge is 2.28. The monoisotopic (exact) mass is 678 g/mol. The number of carbonyl (C=O) groups is 1. The predicted molar refractivity (Wildman–Crippen MR) is 186 cm³/mol. The van der Waals surface area contributed by atoms with Crippen LogP contribution in [-0.4, -0.2) is 87.6 Å². The van der Waals surface area contributed by atoms with Gasteiger partial charge < -0.3 is 19.1 Å². The normalized spacial score (nSPS) is 17.8. The smallest absolute Gasteiger partial charge is 0.410 e. The number of rotatable bonds is 10. The molecule has 0 N–H and O–H groups in total. The molecule has 4 aromatic rings. The van der Waals surface area contributed by atoms with Gasteiger partial charge in [-0.25, -0.2) is 9.78 Å². The van der Waals surface area contributed by atoms with Crippen molar-refractivity contribution in [3.05, 3.63) is 41.8 Å². The number of hydrogen-bond donors (Lipinski definition) is 0. The molecule has 1 amide bonds. The Hall–Kier alpha value is -3.46. The van der Waals surface area contributed by atoms with Crippen molar-refractivity contribution in [1.82, 2.24) is 34.8 Å². The van der Waals surface area contributed by atoms with Crippen molar-refractivity contribution in [1.29, 1.82) is 0 Å². The van der Waals surface area contributed by atoms with Crippen LogP contribution in [0.5, 0.6) is 0 Å². The highest BCUT2D eigenvalue weighted by atomic mass is 32.1. The Morgan fingerprint density at radius 3 is 2.62 bits per heavy atom. The maximum Gasteiger partial charge on any atom is 0.410 e. The molecule has 0 saturated carbocycles. The second kappa shape index (κ2) is 13.9. The first kappa shape index (κ1) is 33.4. The minimum Gasteiger partial charge on any atom is -0.444 e. The molecule has 0 radical (unpaired) electrons. The summed E-state index contributed by atoms with van der Waals surface area (Å²) in [7, 11) is -1.24. The van der Waals surface area contributed by atoms with Crippen LogP contribution in [0.4, 0.5) is 15.7 Å². The average molecular weight is 679 g/mol. The lowest BCUT2D eigenvalue weighted by atomic mass is 10.1. The Balaban J connectivity index is 1.19. The molecule has 0 aromatic carbocycles. The van der Waals surface area contributed by atoms with E-state index in [1.165, 1.54) is 11.3 Å². The molecule has 2 aliphatic heterocycles. The van der Waals surface area contributed by atoms with Crippen molar-refractivity contribution in [2.45, 2.75) is 89.9 Å². The number of anilines is 2. The minimum atomic E-state index is -1.24. The number of amides is 1. The van der Waals surface area contributed by atoms with Crippen LogP contribution in [0.15, 0.2) is 36.8 Å². The second-order valence-electron chi connectivity index (χ2n) is 14.5. The number of aromatic nitrogens is 6. The van der Waals surface area contributed by atoms with Crippen molar-refractivity contribution < 1.29 is 19.0 Å². The number of likely N-dealkylation sites (tertiary alicyclic amines) is 1. The topological polar surface area (TPSA) is 121 Å². The van der Waals surface area contributed by atoms with Gasteiger partial charge in [-0.15, -0.1) is 10.2 Å². The molecular weight excluding hydrogens is 633 g/mol. The summed E-state index contributed by atoms with van der Waals surface area (Å²) in [6, 6.07) is 7.29. The third kappa shape index (κ3) is 8.53. The molecule has 6 rings (SSSR count). The van der Waals surface area contributed by atoms with E-state index in [1.54, 1.807) is 4.90 Å². The summed E-state index contributed by atoms with van der Waals surface area (Å²) in [5, 5.41) is 15.3. The van der Waals surface area contributed by atoms with Crippen LogP contribution >= 0.6 is 11.3 Å². The van der Waals surface area contributed by atoms with E-state index in [0.29, 0.717) is 26.4 Å². The highest BCUT2D eigenvalue weighted by molar-refractivity contribution is 7.15. The first-order valence-corrected chi connectivity index (χ1v) is 21.0. The number of ether oxygens (including phenoxy) is 3. The fraction of sp³-hybridized carbons (Fsp3) is 0.576. The van der Waals surface area contributed by atoms with Crippen LogP contribution in [0.1, 0.15) is 63.6 Å². The largest absolute Gasteiger partial charge is 0.444 e. The summed E-state index contributed by atoms with van der Waals surface area (Å²) in [6.07, 6.45) is 9.19. The fourth-order valence-electron chi connectivity index (χ4n) is 5.62. The van der Waals surface area contributed by atoms with Crippen molar-refractivity contribution in [3.8, 4) is 11.1 Å². The minimum absolute atomic E-state index is 0.00525. The van der Waals surface area contributed by atoms with Gasteiger partial charge in [-0.1, -0.05) is 31.0 Å². The third-order valence-electron chi connectivity index (χ3n) is 8.31. The summed E-state index contributed by atoms with van der Waals surface area (Å²) < 4.78 is 19.6. The zero-order valence-electron chi connectivity index (χ0n) is 28.3. The molecule has 0 bridgehead atoms. The molecular formula is C33H46N8O4SSi. The van der Waals surface area contributed by atoms with Crippen molar-refractivity contribution in [3.63, 3.8) is 0 Å². The zero-order chi connectivity index (χ0) is 33.2. The molecule has 6 heterocycles. The number of carbonyl (C=O) groups excluding carboxylic acids is 1. The Morgan fingerprint density at radius 2 is 1.89 bits per heavy atom. The standard InChI is InChI=1S/C33H46N8O4SSi/c1-33(2,3)45-32(42)39-13-11-25(12-14-39)41-21-24(20-35-41)23-18-27-26(34-19-23)9-10-29(36-27)40(22-43-16-17-47(4,5)6)31-38-37-30(46-31)28-8-7-15-44-28/h9-10,18-21,25,28H,7-8,11-17,22H2,1-6H3. The first-order chi connectivity index (χ1) is 22.4. The maximum atomic E-state index is 12.5. The van der Waals surface area contributed by atoms with E-state index in [0.717, 1.165) is 76.5 Å². The van der Waals surface area contributed by atoms with E-state index in [1.807, 2.05) is 54.9 Å². The summed E-state index contributed by atoms with van der Waals surface area (Å²) in [4.78, 5) is 26.1. The van der Waals surface area contributed by atoms with Crippen LogP contribution in [0, 0.1) is 0 Å². The van der Waals surface area contributed by atoms with E-state index < -0.39 is 13.7 Å². The van der Waals surface area contributed by atoms with Gasteiger partial charge in [0.25, 0.3) is 0 Å². The number of nitrogens with zero attached hydrogens (tertiary/aromatic N) is 8. The fourth-order valence-corrected chi connectivity index (χ4v) is 7.30. The molecule has 47 heavy (non-hydrogen) atoms. The number of hydrogen-bond acceptors (Lipinski definition) is 11. The van der Waals surface area contributed by atoms with Crippen LogP contribution in [0.3, 0.4) is 0 Å². The Kier molecular flexibility index (Phi) is 9.92. The maximum absolute atomic E-state index is 12.5. The molecule has 1 unspecified atom stereocenters. The van der Waals surface area contributed by atoms with Crippen LogP contribution < -0.4 is 4.90 Å². The average Bonchev–Trinajstić information content (AvgIpc) is 3.82. The second-order valence-corrected chi connectivity index (χ2v) is 21.1. The van der Waals surface area contributed by atoms with E-state index in [-0.39, 0.29) is 18.2 Å². The number of fused-ring (bicyclic) bond motifs is 1. The molecule has 0 aliphatic carbocycles. The zero-order valence-corrected chi connectivity index (χ0v) is 30.1. The first-order valence-electron chi connectivity index (χ1n) is 16.5. The summed E-state index contributed by atoms with van der Waals surface area (Å²) >= 11 is 1.53. The van der Waals surface area contributed by atoms with Crippen LogP contribution in [0.25, 0.3) is 22.2 Å². The van der Waals surface area contributed by atoms with E-state index >= 15 is 0 Å². The molecule has 2 fully saturated rings. The lowest BCUT2D eigenvalue weighted by Crippen LogP contribution is -2.42. The molecule has 2 saturated heterocycles. The lowest BCUT2D eigenvalue weighted by molar-refractivity contribution is 0.0184. The number of piperidine rings is 1. The SMILES string of the molecule is CC(C)(C)OC(=O)N1CCC(n2cc(-c3cnc4ccc(N(COCC[Si](C)(C)C)c5nnc(C6CCCO6)s5)nc4c3)cn2)CC1. The van der Waals surface area contributed by atoms with Gasteiger partial charge in [-0.05, 0) is 70.7 Å². The van der Waals surface area contributed by atoms with Crippen molar-refractivity contribution >= 4 is 47.5 Å². The predicted octanol–water partition coefficient (Wildman–Crippen LogP) is 7.22. The van der Waals surface area contributed by atoms with E-state index in [9.17, 15) is 4.79 Å². The molecule has 4 aromatic heterocycles. The summed E-state index contributed by atoms with van der Waals surface area (Å²) in [6.45, 7) is 15.8. The van der Waals surface area contributed by atoms with Crippen LogP contribution in [-0.2, 0) is 14.2 Å². The lowest BCUT2D eigenvalue weighted by Gasteiger charge is -2.33. The molecule has 12 nitrogen and oxygen atoms in total. The van der Waals surface area contributed by atoms with Gasteiger partial charge in [-0.3, -0.25) is 14.6 Å². The van der Waals surface area contributed by atoms with Crippen molar-refractivity contribution in [2.75, 3.05) is 37.9 Å². The quantitative estimate of drug-likeness (QED) is 0.0966. The van der Waals surface area contributed by atoms with Crippen LogP contribution in [0.2, 0.25) is 25.7 Å². The molecule has 14 heteroatoms. The van der Waals surface area contributed by atoms with Crippen molar-refractivity contribution in [2.24, 2.45) is 0 Å². The summed E-state index contributed by atoms with van der Waals surface area (Å²) in [5.74, 6) is 0.729. The van der Waals surface area contributed by atoms with Gasteiger partial charge >= 0.3 is 6.09 Å². The highest BCUT2D eigenvalue weighted by Crippen LogP contribution is 2.36. The Bertz CT molecular complexity index is 1670. The van der Waals surface area contributed by atoms with Gasteiger partial charge in [0.2, 0.25) is 5.13 Å². The summed E-state index contributed by atoms with van der Waals surface area (Å²) in [5.41, 5.74) is 2.98.